The van der Waals surface area contributed by atoms with Gasteiger partial charge in [-0.15, -0.1) is 0 Å². The molecule has 1 fully saturated rings. The molecule has 0 aliphatic carbocycles. The van der Waals surface area contributed by atoms with Crippen LogP contribution in [0.25, 0.3) is 0 Å². The van der Waals surface area contributed by atoms with Gasteiger partial charge in [0.05, 0.1) is 11.8 Å². The van der Waals surface area contributed by atoms with Gasteiger partial charge in [-0.25, -0.2) is 4.79 Å². The lowest BCUT2D eigenvalue weighted by Gasteiger charge is -2.21. The summed E-state index contributed by atoms with van der Waals surface area (Å²) in [5.41, 5.74) is -0.662. The maximum Gasteiger partial charge on any atom is 0.417 e. The van der Waals surface area contributed by atoms with Gasteiger partial charge in [-0.2, -0.15) is 22.9 Å². The zero-order chi connectivity index (χ0) is 21.0. The third-order valence-corrected chi connectivity index (χ3v) is 4.44. The van der Waals surface area contributed by atoms with Gasteiger partial charge in [-0.1, -0.05) is 30.3 Å². The summed E-state index contributed by atoms with van der Waals surface area (Å²) < 4.78 is 43.4. The molecule has 1 saturated heterocycles. The van der Waals surface area contributed by atoms with E-state index in [9.17, 15) is 28.0 Å². The number of benzene rings is 1. The second-order valence-electron chi connectivity index (χ2n) is 6.46. The maximum absolute atomic E-state index is 12.7. The molecule has 0 radical (unpaired) electrons. The number of carbonyl (C=O) groups excluding carboxylic acids is 2. The minimum Gasteiger partial charge on any atom is -0.445 e. The molecule has 2 amide bonds. The number of pyridine rings is 1. The minimum absolute atomic E-state index is 0.0454. The summed E-state index contributed by atoms with van der Waals surface area (Å²) >= 11 is 0. The van der Waals surface area contributed by atoms with Crippen molar-refractivity contribution in [3.05, 3.63) is 65.3 Å². The number of carbonyl (C=O) groups is 2. The molecule has 2 aromatic rings. The first-order valence-electron chi connectivity index (χ1n) is 8.81. The number of hydrogen-bond acceptors (Lipinski definition) is 4. The van der Waals surface area contributed by atoms with Gasteiger partial charge in [-0.3, -0.25) is 9.69 Å². The Labute approximate surface area is 163 Å². The molecule has 1 aromatic heterocycles. The van der Waals surface area contributed by atoms with E-state index in [0.717, 1.165) is 11.6 Å². The summed E-state index contributed by atoms with van der Waals surface area (Å²) in [6, 6.07) is 9.71. The fourth-order valence-corrected chi connectivity index (χ4v) is 2.97. The van der Waals surface area contributed by atoms with Crippen LogP contribution in [0.4, 0.5) is 18.0 Å². The topological polar surface area (TPSA) is 84.1 Å². The molecule has 154 valence electrons. The molecule has 1 aliphatic rings. The van der Waals surface area contributed by atoms with Crippen LogP contribution in [-0.2, 0) is 22.3 Å². The van der Waals surface area contributed by atoms with Crippen LogP contribution in [0.15, 0.2) is 53.7 Å². The lowest BCUT2D eigenvalue weighted by Crippen LogP contribution is -2.41. The van der Waals surface area contributed by atoms with Crippen molar-refractivity contribution in [1.29, 1.82) is 0 Å². The molecule has 1 aliphatic heterocycles. The highest BCUT2D eigenvalue weighted by Gasteiger charge is 2.35. The van der Waals surface area contributed by atoms with Crippen molar-refractivity contribution in [2.24, 2.45) is 4.99 Å². The Morgan fingerprint density at radius 3 is 2.55 bits per heavy atom. The van der Waals surface area contributed by atoms with E-state index in [2.05, 4.69) is 4.99 Å². The summed E-state index contributed by atoms with van der Waals surface area (Å²) in [6.45, 7) is 0.343. The predicted molar refractivity (Wildman–Crippen MR) is 93.5 cm³/mol. The zero-order valence-electron chi connectivity index (χ0n) is 15.2. The Morgan fingerprint density at radius 1 is 1.17 bits per heavy atom. The summed E-state index contributed by atoms with van der Waals surface area (Å²) in [5, 5.41) is 9.70. The van der Waals surface area contributed by atoms with Crippen molar-refractivity contribution >= 4 is 12.0 Å². The summed E-state index contributed by atoms with van der Waals surface area (Å²) in [6.07, 6.45) is -4.00. The maximum atomic E-state index is 12.7. The number of nitrogens with zero attached hydrogens (tertiary/aromatic N) is 3. The first-order valence-corrected chi connectivity index (χ1v) is 8.81. The molecule has 29 heavy (non-hydrogen) atoms. The number of ether oxygens (including phenoxy) is 1. The molecule has 1 atom stereocenters. The Balaban J connectivity index is 1.71. The van der Waals surface area contributed by atoms with Crippen LogP contribution in [0, 0.1) is 0 Å². The number of rotatable bonds is 3. The number of halogens is 3. The monoisotopic (exact) mass is 409 g/mol. The SMILES string of the molecule is O=C(N=c1ccc(C(F)(F)F)cn1O)[C@@H]1CCCN1C(=O)OCc1ccccc1. The van der Waals surface area contributed by atoms with Gasteiger partial charge >= 0.3 is 12.3 Å². The average Bonchev–Trinajstić information content (AvgIpc) is 3.18. The van der Waals surface area contributed by atoms with Gasteiger partial charge in [0.25, 0.3) is 5.91 Å². The summed E-state index contributed by atoms with van der Waals surface area (Å²) in [7, 11) is 0. The van der Waals surface area contributed by atoms with Crippen LogP contribution < -0.4 is 5.49 Å². The van der Waals surface area contributed by atoms with E-state index in [0.29, 0.717) is 31.6 Å². The van der Waals surface area contributed by atoms with E-state index < -0.39 is 29.8 Å². The van der Waals surface area contributed by atoms with Crippen molar-refractivity contribution in [2.75, 3.05) is 6.54 Å². The van der Waals surface area contributed by atoms with Gasteiger partial charge in [0.15, 0.2) is 5.49 Å². The van der Waals surface area contributed by atoms with Crippen LogP contribution in [0.3, 0.4) is 0 Å². The van der Waals surface area contributed by atoms with Crippen molar-refractivity contribution < 1.29 is 32.7 Å². The van der Waals surface area contributed by atoms with Gasteiger partial charge in [0, 0.05) is 6.54 Å². The second-order valence-corrected chi connectivity index (χ2v) is 6.46. The smallest absolute Gasteiger partial charge is 0.417 e. The fourth-order valence-electron chi connectivity index (χ4n) is 2.97. The number of amides is 2. The molecule has 0 spiro atoms. The van der Waals surface area contributed by atoms with Crippen molar-refractivity contribution in [3.8, 4) is 0 Å². The molecule has 3 rings (SSSR count). The third kappa shape index (κ3) is 4.95. The largest absolute Gasteiger partial charge is 0.445 e. The third-order valence-electron chi connectivity index (χ3n) is 4.44. The highest BCUT2D eigenvalue weighted by molar-refractivity contribution is 5.86. The molecule has 0 bridgehead atoms. The lowest BCUT2D eigenvalue weighted by molar-refractivity contribution is -0.138. The summed E-state index contributed by atoms with van der Waals surface area (Å²) in [5.74, 6) is -0.748. The van der Waals surface area contributed by atoms with Crippen LogP contribution in [-0.4, -0.2) is 39.4 Å². The van der Waals surface area contributed by atoms with Crippen molar-refractivity contribution in [3.63, 3.8) is 0 Å². The molecule has 0 unspecified atom stereocenters. The second kappa shape index (κ2) is 8.38. The fraction of sp³-hybridized carbons (Fsp3) is 0.316. The number of hydrogen-bond donors (Lipinski definition) is 1. The number of alkyl halides is 3. The molecule has 2 heterocycles. The lowest BCUT2D eigenvalue weighted by atomic mass is 10.2. The number of aromatic nitrogens is 1. The molecule has 10 heteroatoms. The van der Waals surface area contributed by atoms with E-state index in [1.807, 2.05) is 6.07 Å². The minimum atomic E-state index is -4.64. The first-order chi connectivity index (χ1) is 13.8. The Hall–Kier alpha value is -3.30. The van der Waals surface area contributed by atoms with Crippen molar-refractivity contribution in [1.82, 2.24) is 9.63 Å². The quantitative estimate of drug-likeness (QED) is 0.790. The Bertz CT molecular complexity index is 957. The molecule has 0 saturated carbocycles. The van der Waals surface area contributed by atoms with Crippen molar-refractivity contribution in [2.45, 2.75) is 31.7 Å². The Kier molecular flexibility index (Phi) is 5.90. The average molecular weight is 409 g/mol. The van der Waals surface area contributed by atoms with Gasteiger partial charge in [0.1, 0.15) is 12.6 Å². The standard InChI is InChI=1S/C19H18F3N3O4/c20-19(21,22)14-8-9-16(25(28)11-14)23-17(26)15-7-4-10-24(15)18(27)29-12-13-5-2-1-3-6-13/h1-3,5-6,8-9,11,15,28H,4,7,10,12H2/t15-/m0/s1. The van der Waals surface area contributed by atoms with Crippen LogP contribution in [0.2, 0.25) is 0 Å². The highest BCUT2D eigenvalue weighted by atomic mass is 19.4. The highest BCUT2D eigenvalue weighted by Crippen LogP contribution is 2.27. The van der Waals surface area contributed by atoms with Gasteiger partial charge in [-0.05, 0) is 30.5 Å². The number of likely N-dealkylation sites (tertiary alicyclic amines) is 1. The molecule has 1 aromatic carbocycles. The van der Waals surface area contributed by atoms with Gasteiger partial charge < -0.3 is 9.94 Å². The summed E-state index contributed by atoms with van der Waals surface area (Å²) in [4.78, 5) is 29.7. The zero-order valence-corrected chi connectivity index (χ0v) is 15.2. The molecule has 1 N–H and O–H groups in total. The normalized spacial score (nSPS) is 17.4. The van der Waals surface area contributed by atoms with Crippen LogP contribution in [0.1, 0.15) is 24.0 Å². The first kappa shape index (κ1) is 20.4. The molecular formula is C19H18F3N3O4. The molecule has 7 nitrogen and oxygen atoms in total. The molecular weight excluding hydrogens is 391 g/mol. The van der Waals surface area contributed by atoms with Gasteiger partial charge in [0.2, 0.25) is 0 Å². The van der Waals surface area contributed by atoms with E-state index in [1.165, 1.54) is 4.90 Å². The van der Waals surface area contributed by atoms with E-state index >= 15 is 0 Å². The predicted octanol–water partition coefficient (Wildman–Crippen LogP) is 2.97. The van der Waals surface area contributed by atoms with E-state index in [4.69, 9.17) is 4.74 Å². The van der Waals surface area contributed by atoms with Crippen LogP contribution in [0.5, 0.6) is 0 Å². The van der Waals surface area contributed by atoms with E-state index in [-0.39, 0.29) is 16.8 Å². The van der Waals surface area contributed by atoms with E-state index in [1.54, 1.807) is 24.3 Å². The van der Waals surface area contributed by atoms with Crippen LogP contribution >= 0.6 is 0 Å². The Morgan fingerprint density at radius 2 is 1.90 bits per heavy atom.